The van der Waals surface area contributed by atoms with E-state index in [0.717, 1.165) is 6.42 Å². The molecule has 0 aliphatic heterocycles. The molecule has 1 atom stereocenters. The third-order valence-corrected chi connectivity index (χ3v) is 3.00. The van der Waals surface area contributed by atoms with Gasteiger partial charge < -0.3 is 0 Å². The van der Waals surface area contributed by atoms with Crippen LogP contribution in [0.25, 0.3) is 0 Å². The van der Waals surface area contributed by atoms with E-state index in [9.17, 15) is 0 Å². The highest BCUT2D eigenvalue weighted by atomic mass is 14.3. The van der Waals surface area contributed by atoms with Crippen molar-refractivity contribution in [2.24, 2.45) is 0 Å². The van der Waals surface area contributed by atoms with Crippen LogP contribution >= 0.6 is 0 Å². The van der Waals surface area contributed by atoms with Crippen LogP contribution in [0.4, 0.5) is 0 Å². The summed E-state index contributed by atoms with van der Waals surface area (Å²) in [5.74, 6) is 0. The van der Waals surface area contributed by atoms with E-state index in [1.165, 1.54) is 11.1 Å². The van der Waals surface area contributed by atoms with Crippen LogP contribution in [-0.4, -0.2) is 0 Å². The highest BCUT2D eigenvalue weighted by molar-refractivity contribution is 5.36. The van der Waals surface area contributed by atoms with Gasteiger partial charge in [0.2, 0.25) is 0 Å². The standard InChI is InChI=1S/C14H16/c1-12-8-10-14(2,11-9-12)13-6-4-3-5-7-13/h3-10H,11H2,1-2H3. The fraction of sp³-hybridized carbons (Fsp3) is 0.286. The molecular weight excluding hydrogens is 168 g/mol. The third-order valence-electron chi connectivity index (χ3n) is 3.00. The summed E-state index contributed by atoms with van der Waals surface area (Å²) < 4.78 is 0. The first-order valence-corrected chi connectivity index (χ1v) is 5.12. The van der Waals surface area contributed by atoms with Gasteiger partial charge in [-0.15, -0.1) is 0 Å². The smallest absolute Gasteiger partial charge is 0.0141 e. The minimum absolute atomic E-state index is 0.195. The average molecular weight is 184 g/mol. The van der Waals surface area contributed by atoms with Gasteiger partial charge in [-0.1, -0.05) is 61.1 Å². The van der Waals surface area contributed by atoms with Crippen LogP contribution in [0.1, 0.15) is 25.8 Å². The normalized spacial score (nSPS) is 26.0. The number of benzene rings is 1. The van der Waals surface area contributed by atoms with Gasteiger partial charge in [-0.25, -0.2) is 0 Å². The lowest BCUT2D eigenvalue weighted by Gasteiger charge is -2.28. The Hall–Kier alpha value is -1.30. The maximum Gasteiger partial charge on any atom is 0.0141 e. The van der Waals surface area contributed by atoms with Gasteiger partial charge in [0, 0.05) is 5.41 Å². The lowest BCUT2D eigenvalue weighted by molar-refractivity contribution is 0.596. The zero-order valence-corrected chi connectivity index (χ0v) is 8.83. The van der Waals surface area contributed by atoms with E-state index >= 15 is 0 Å². The van der Waals surface area contributed by atoms with Gasteiger partial charge in [-0.2, -0.15) is 0 Å². The van der Waals surface area contributed by atoms with Gasteiger partial charge >= 0.3 is 0 Å². The lowest BCUT2D eigenvalue weighted by atomic mass is 9.76. The van der Waals surface area contributed by atoms with E-state index in [-0.39, 0.29) is 5.41 Å². The van der Waals surface area contributed by atoms with Crippen molar-refractivity contribution in [2.75, 3.05) is 0 Å². The van der Waals surface area contributed by atoms with Crippen molar-refractivity contribution in [1.29, 1.82) is 0 Å². The molecule has 0 heteroatoms. The predicted molar refractivity (Wildman–Crippen MR) is 61.3 cm³/mol. The predicted octanol–water partition coefficient (Wildman–Crippen LogP) is 3.85. The maximum atomic E-state index is 2.32. The van der Waals surface area contributed by atoms with Gasteiger partial charge in [0.1, 0.15) is 0 Å². The molecule has 2 rings (SSSR count). The second-order valence-electron chi connectivity index (χ2n) is 4.27. The van der Waals surface area contributed by atoms with Gasteiger partial charge in [-0.05, 0) is 18.9 Å². The summed E-state index contributed by atoms with van der Waals surface area (Å²) in [7, 11) is 0. The highest BCUT2D eigenvalue weighted by Crippen LogP contribution is 2.33. The van der Waals surface area contributed by atoms with Crippen LogP contribution < -0.4 is 0 Å². The molecule has 1 aromatic carbocycles. The van der Waals surface area contributed by atoms with Gasteiger partial charge in [-0.3, -0.25) is 0 Å². The quantitative estimate of drug-likeness (QED) is 0.622. The van der Waals surface area contributed by atoms with Crippen LogP contribution in [-0.2, 0) is 5.41 Å². The number of allylic oxidation sites excluding steroid dienone is 4. The molecule has 0 spiro atoms. The third kappa shape index (κ3) is 1.65. The molecule has 0 aromatic heterocycles. The molecule has 1 aliphatic carbocycles. The molecule has 72 valence electrons. The molecule has 0 saturated heterocycles. The van der Waals surface area contributed by atoms with Crippen LogP contribution in [0.5, 0.6) is 0 Å². The minimum Gasteiger partial charge on any atom is -0.0804 e. The molecule has 0 bridgehead atoms. The molecule has 0 nitrogen and oxygen atoms in total. The summed E-state index contributed by atoms with van der Waals surface area (Å²) >= 11 is 0. The highest BCUT2D eigenvalue weighted by Gasteiger charge is 2.23. The Labute approximate surface area is 86.0 Å². The van der Waals surface area contributed by atoms with Crippen molar-refractivity contribution in [3.63, 3.8) is 0 Å². The zero-order valence-electron chi connectivity index (χ0n) is 8.83. The minimum atomic E-state index is 0.195. The Morgan fingerprint density at radius 2 is 1.86 bits per heavy atom. The Morgan fingerprint density at radius 3 is 2.43 bits per heavy atom. The second kappa shape index (κ2) is 3.45. The summed E-state index contributed by atoms with van der Waals surface area (Å²) in [6.07, 6.45) is 7.96. The van der Waals surface area contributed by atoms with Crippen LogP contribution in [0, 0.1) is 0 Å². The van der Waals surface area contributed by atoms with E-state index in [1.54, 1.807) is 0 Å². The fourth-order valence-corrected chi connectivity index (χ4v) is 1.86. The molecule has 0 fully saturated rings. The van der Waals surface area contributed by atoms with Gasteiger partial charge in [0.25, 0.3) is 0 Å². The van der Waals surface area contributed by atoms with Crippen LogP contribution in [0.15, 0.2) is 54.1 Å². The molecule has 0 heterocycles. The van der Waals surface area contributed by atoms with Crippen molar-refractivity contribution in [3.8, 4) is 0 Å². The molecule has 1 aliphatic rings. The molecule has 1 unspecified atom stereocenters. The van der Waals surface area contributed by atoms with E-state index in [2.05, 4.69) is 62.4 Å². The first-order chi connectivity index (χ1) is 6.71. The first-order valence-electron chi connectivity index (χ1n) is 5.12. The molecule has 0 N–H and O–H groups in total. The van der Waals surface area contributed by atoms with Crippen LogP contribution in [0.3, 0.4) is 0 Å². The first kappa shape index (κ1) is 9.26. The van der Waals surface area contributed by atoms with Crippen LogP contribution in [0.2, 0.25) is 0 Å². The summed E-state index contributed by atoms with van der Waals surface area (Å²) in [5.41, 5.74) is 2.97. The lowest BCUT2D eigenvalue weighted by Crippen LogP contribution is -2.19. The molecule has 0 amide bonds. The molecule has 14 heavy (non-hydrogen) atoms. The largest absolute Gasteiger partial charge is 0.0804 e. The SMILES string of the molecule is CC1=CCC(C)(c2ccccc2)C=C1. The molecule has 1 aromatic rings. The maximum absolute atomic E-state index is 2.32. The van der Waals surface area contributed by atoms with E-state index in [0.29, 0.717) is 0 Å². The topological polar surface area (TPSA) is 0 Å². The Morgan fingerprint density at radius 1 is 1.14 bits per heavy atom. The van der Waals surface area contributed by atoms with E-state index in [4.69, 9.17) is 0 Å². The summed E-state index contributed by atoms with van der Waals surface area (Å²) in [4.78, 5) is 0. The van der Waals surface area contributed by atoms with Crippen molar-refractivity contribution in [2.45, 2.75) is 25.7 Å². The monoisotopic (exact) mass is 184 g/mol. The Bertz CT molecular complexity index is 370. The van der Waals surface area contributed by atoms with Crippen molar-refractivity contribution in [1.82, 2.24) is 0 Å². The summed E-state index contributed by atoms with van der Waals surface area (Å²) in [6.45, 7) is 4.45. The van der Waals surface area contributed by atoms with Crippen molar-refractivity contribution in [3.05, 3.63) is 59.7 Å². The zero-order chi connectivity index (χ0) is 10.0. The van der Waals surface area contributed by atoms with E-state index in [1.807, 2.05) is 0 Å². The van der Waals surface area contributed by atoms with Crippen molar-refractivity contribution < 1.29 is 0 Å². The summed E-state index contributed by atoms with van der Waals surface area (Å²) in [5, 5.41) is 0. The number of rotatable bonds is 1. The summed E-state index contributed by atoms with van der Waals surface area (Å²) in [6, 6.07) is 10.7. The van der Waals surface area contributed by atoms with Gasteiger partial charge in [0.15, 0.2) is 0 Å². The van der Waals surface area contributed by atoms with Crippen molar-refractivity contribution >= 4 is 0 Å². The number of hydrogen-bond donors (Lipinski definition) is 0. The molecule has 0 radical (unpaired) electrons. The Balaban J connectivity index is 2.32. The molecular formula is C14H16. The fourth-order valence-electron chi connectivity index (χ4n) is 1.86. The molecule has 0 saturated carbocycles. The van der Waals surface area contributed by atoms with Gasteiger partial charge in [0.05, 0.1) is 0 Å². The second-order valence-corrected chi connectivity index (χ2v) is 4.27. The number of hydrogen-bond acceptors (Lipinski definition) is 0. The average Bonchev–Trinajstić information content (AvgIpc) is 2.24. The van der Waals surface area contributed by atoms with E-state index < -0.39 is 0 Å². The Kier molecular flexibility index (Phi) is 2.28.